The summed E-state index contributed by atoms with van der Waals surface area (Å²) in [4.78, 5) is 17.4. The van der Waals surface area contributed by atoms with Crippen molar-refractivity contribution in [2.24, 2.45) is 0 Å². The largest absolute Gasteiger partial charge is 0.497 e. The highest BCUT2D eigenvalue weighted by atomic mass is 32.3. The van der Waals surface area contributed by atoms with E-state index in [9.17, 15) is 24.3 Å². The zero-order valence-corrected chi connectivity index (χ0v) is 17.5. The van der Waals surface area contributed by atoms with Gasteiger partial charge in [-0.25, -0.2) is 4.98 Å². The second kappa shape index (κ2) is 8.17. The molecule has 2 aromatic carbocycles. The van der Waals surface area contributed by atoms with Crippen LogP contribution in [0.4, 0.5) is 0 Å². The van der Waals surface area contributed by atoms with Crippen molar-refractivity contribution in [2.45, 2.75) is 12.1 Å². The molecule has 0 radical (unpaired) electrons. The summed E-state index contributed by atoms with van der Waals surface area (Å²) in [7, 11) is -1.40. The molecule has 0 saturated carbocycles. The third-order valence-corrected chi connectivity index (χ3v) is 7.03. The van der Waals surface area contributed by atoms with Crippen LogP contribution in [0.25, 0.3) is 21.9 Å². The van der Waals surface area contributed by atoms with Crippen LogP contribution < -0.4 is 10.1 Å². The fraction of sp³-hybridized carbons (Fsp3) is 0.227. The molecular weight excluding hydrogens is 418 g/mol. The number of nitrogens with zero attached hydrogens (tertiary/aromatic N) is 2. The quantitative estimate of drug-likeness (QED) is 0.491. The van der Waals surface area contributed by atoms with Crippen LogP contribution in [0.1, 0.15) is 16.2 Å². The Balaban J connectivity index is 1.85. The van der Waals surface area contributed by atoms with E-state index < -0.39 is 28.6 Å². The third-order valence-electron chi connectivity index (χ3n) is 5.26. The number of nitrogens with one attached hydrogen (secondary N) is 1. The summed E-state index contributed by atoms with van der Waals surface area (Å²) in [5.41, 5.74) is 1.46. The number of benzene rings is 2. The summed E-state index contributed by atoms with van der Waals surface area (Å²) in [5.74, 6) is -0.350. The van der Waals surface area contributed by atoms with Crippen molar-refractivity contribution in [3.05, 3.63) is 59.9 Å². The van der Waals surface area contributed by atoms with Gasteiger partial charge in [-0.05, 0) is 29.1 Å². The van der Waals surface area contributed by atoms with E-state index in [1.807, 2.05) is 30.3 Å². The molecule has 1 fully saturated rings. The van der Waals surface area contributed by atoms with E-state index >= 15 is 0 Å². The Morgan fingerprint density at radius 1 is 1.19 bits per heavy atom. The molecule has 2 heterocycles. The lowest BCUT2D eigenvalue weighted by Gasteiger charge is -2.25. The van der Waals surface area contributed by atoms with Crippen LogP contribution in [0.15, 0.2) is 48.5 Å². The predicted molar refractivity (Wildman–Crippen MR) is 118 cm³/mol. The van der Waals surface area contributed by atoms with Crippen molar-refractivity contribution < 1.29 is 23.7 Å². The Kier molecular flexibility index (Phi) is 5.56. The number of aliphatic hydroxyl groups is 1. The van der Waals surface area contributed by atoms with E-state index in [0.29, 0.717) is 22.1 Å². The van der Waals surface area contributed by atoms with Crippen LogP contribution in [0.2, 0.25) is 0 Å². The molecule has 0 aliphatic carbocycles. The normalized spacial score (nSPS) is 20.7. The summed E-state index contributed by atoms with van der Waals surface area (Å²) in [6.07, 6.45) is -1.07. The Hall–Kier alpha value is -3.16. The van der Waals surface area contributed by atoms with Gasteiger partial charge < -0.3 is 15.2 Å². The molecule has 1 aliphatic heterocycles. The average Bonchev–Trinajstić information content (AvgIpc) is 3.03. The molecule has 1 saturated heterocycles. The van der Waals surface area contributed by atoms with E-state index in [1.165, 1.54) is 7.11 Å². The first-order valence-corrected chi connectivity index (χ1v) is 11.4. The molecule has 4 N–H and O–H groups in total. The molecule has 0 bridgehead atoms. The van der Waals surface area contributed by atoms with Crippen LogP contribution in [-0.4, -0.2) is 55.9 Å². The number of rotatable bonds is 4. The maximum Gasteiger partial charge on any atom is 0.270 e. The van der Waals surface area contributed by atoms with Crippen LogP contribution in [-0.2, 0) is 0 Å². The Bertz CT molecular complexity index is 1190. The Labute approximate surface area is 180 Å². The van der Waals surface area contributed by atoms with Crippen molar-refractivity contribution in [1.29, 1.82) is 5.26 Å². The number of ether oxygens (including phenoxy) is 1. The number of hydrogen-bond acceptors (Lipinski definition) is 7. The van der Waals surface area contributed by atoms with Gasteiger partial charge in [-0.3, -0.25) is 13.9 Å². The first kappa shape index (κ1) is 21.1. The number of methoxy groups -OCH3 is 1. The zero-order chi connectivity index (χ0) is 22.2. The lowest BCUT2D eigenvalue weighted by Crippen LogP contribution is -2.43. The smallest absolute Gasteiger partial charge is 0.270 e. The van der Waals surface area contributed by atoms with Crippen LogP contribution >= 0.6 is 10.6 Å². The predicted octanol–water partition coefficient (Wildman–Crippen LogP) is 3.01. The molecular formula is C22H21N3O5S. The van der Waals surface area contributed by atoms with E-state index in [2.05, 4.69) is 16.4 Å². The minimum absolute atomic E-state index is 0.0180. The Morgan fingerprint density at radius 3 is 2.55 bits per heavy atom. The van der Waals surface area contributed by atoms with Crippen LogP contribution in [0, 0.1) is 11.3 Å². The SMILES string of the molecule is COc1ccc2c(C(=O)NC3CS(O)(O)CC3O)nc(C#N)c(-c3ccccc3)c2c1. The second-order valence-corrected chi connectivity index (χ2v) is 9.63. The number of aliphatic hydroxyl groups excluding tert-OH is 1. The highest BCUT2D eigenvalue weighted by Crippen LogP contribution is 2.46. The summed E-state index contributed by atoms with van der Waals surface area (Å²) in [6.45, 7) is 0. The first-order chi connectivity index (χ1) is 14.8. The lowest BCUT2D eigenvalue weighted by atomic mass is 9.95. The maximum absolute atomic E-state index is 13.1. The minimum Gasteiger partial charge on any atom is -0.497 e. The summed E-state index contributed by atoms with van der Waals surface area (Å²) >= 11 is 0. The average molecular weight is 439 g/mol. The van der Waals surface area contributed by atoms with Crippen molar-refractivity contribution >= 4 is 27.3 Å². The van der Waals surface area contributed by atoms with Gasteiger partial charge >= 0.3 is 0 Å². The van der Waals surface area contributed by atoms with Gasteiger partial charge in [0.25, 0.3) is 5.91 Å². The van der Waals surface area contributed by atoms with Crippen molar-refractivity contribution in [2.75, 3.05) is 18.6 Å². The fourth-order valence-electron chi connectivity index (χ4n) is 3.80. The fourth-order valence-corrected chi connectivity index (χ4v) is 5.60. The number of aromatic nitrogens is 1. The molecule has 2 unspecified atom stereocenters. The van der Waals surface area contributed by atoms with Gasteiger partial charge in [-0.15, -0.1) is 0 Å². The number of fused-ring (bicyclic) bond motifs is 1. The van der Waals surface area contributed by atoms with E-state index in [-0.39, 0.29) is 22.9 Å². The van der Waals surface area contributed by atoms with Crippen molar-refractivity contribution in [3.63, 3.8) is 0 Å². The molecule has 4 rings (SSSR count). The van der Waals surface area contributed by atoms with Crippen LogP contribution in [0.5, 0.6) is 5.75 Å². The molecule has 31 heavy (non-hydrogen) atoms. The highest BCUT2D eigenvalue weighted by molar-refractivity contribution is 8.24. The van der Waals surface area contributed by atoms with Gasteiger partial charge in [-0.1, -0.05) is 30.3 Å². The first-order valence-electron chi connectivity index (χ1n) is 9.53. The number of amides is 1. The number of carbonyl (C=O) groups is 1. The molecule has 1 amide bonds. The maximum atomic E-state index is 13.1. The standard InChI is InChI=1S/C22H21N3O5S/c1-30-14-7-8-15-16(9-14)20(13-5-3-2-4-6-13)17(10-23)24-21(15)22(27)25-18-11-31(28,29)12-19(18)26/h2-9,18-19,26,28-29H,11-12H2,1H3,(H,25,27). The monoisotopic (exact) mass is 439 g/mol. The number of nitriles is 1. The molecule has 8 nitrogen and oxygen atoms in total. The highest BCUT2D eigenvalue weighted by Gasteiger charge is 2.38. The summed E-state index contributed by atoms with van der Waals surface area (Å²) in [5, 5.41) is 23.7. The van der Waals surface area contributed by atoms with Crippen LogP contribution in [0.3, 0.4) is 0 Å². The van der Waals surface area contributed by atoms with Gasteiger partial charge in [0.15, 0.2) is 0 Å². The van der Waals surface area contributed by atoms with E-state index in [0.717, 1.165) is 5.56 Å². The Morgan fingerprint density at radius 2 is 1.94 bits per heavy atom. The summed E-state index contributed by atoms with van der Waals surface area (Å²) < 4.78 is 25.0. The van der Waals surface area contributed by atoms with Gasteiger partial charge in [0.1, 0.15) is 23.2 Å². The molecule has 1 aliphatic rings. The van der Waals surface area contributed by atoms with Gasteiger partial charge in [-0.2, -0.15) is 15.9 Å². The van der Waals surface area contributed by atoms with Crippen molar-refractivity contribution in [1.82, 2.24) is 10.3 Å². The molecule has 160 valence electrons. The second-order valence-electron chi connectivity index (χ2n) is 7.36. The van der Waals surface area contributed by atoms with E-state index in [1.54, 1.807) is 18.2 Å². The van der Waals surface area contributed by atoms with Crippen molar-refractivity contribution in [3.8, 4) is 22.9 Å². The number of hydrogen-bond donors (Lipinski definition) is 4. The zero-order valence-electron chi connectivity index (χ0n) is 16.6. The summed E-state index contributed by atoms with van der Waals surface area (Å²) in [6, 6.07) is 15.7. The number of carbonyl (C=O) groups excluding carboxylic acids is 1. The third kappa shape index (κ3) is 4.06. The van der Waals surface area contributed by atoms with Gasteiger partial charge in [0.05, 0.1) is 30.8 Å². The topological polar surface area (TPSA) is 136 Å². The molecule has 9 heteroatoms. The molecule has 1 aromatic heterocycles. The minimum atomic E-state index is -2.93. The van der Waals surface area contributed by atoms with Gasteiger partial charge in [0, 0.05) is 10.9 Å². The molecule has 0 spiro atoms. The molecule has 3 aromatic rings. The lowest BCUT2D eigenvalue weighted by molar-refractivity contribution is 0.0885. The number of pyridine rings is 1. The van der Waals surface area contributed by atoms with Gasteiger partial charge in [0.2, 0.25) is 0 Å². The molecule has 2 atom stereocenters. The van der Waals surface area contributed by atoms with E-state index in [4.69, 9.17) is 4.74 Å².